The van der Waals surface area contributed by atoms with Crippen molar-refractivity contribution in [1.82, 2.24) is 15.1 Å². The highest BCUT2D eigenvalue weighted by atomic mass is 19.2. The van der Waals surface area contributed by atoms with Crippen LogP contribution in [0.4, 0.5) is 24.1 Å². The Labute approximate surface area is 225 Å². The largest absolute Gasteiger partial charge is 0.465 e. The van der Waals surface area contributed by atoms with Crippen molar-refractivity contribution in [3.8, 4) is 0 Å². The standard InChI is InChI=1S/C28H32F2N4O5/c1-17-25(18-7-8-22(29)23(30)15-18)34(28(37)39-17)27(36)31-19-9-12-33(16-19)20-10-13-32(14-11-20)24-6-4-3-5-21(24)26(35)38-2/h3-8,15,17,19-20,25H,9-14,16H2,1-2H3,(H,31,36)/t17?,19-,25?/m1/s1. The molecule has 3 aliphatic heterocycles. The van der Waals surface area contributed by atoms with Gasteiger partial charge in [0.2, 0.25) is 0 Å². The van der Waals surface area contributed by atoms with Crippen LogP contribution in [0.3, 0.4) is 0 Å². The topological polar surface area (TPSA) is 91.4 Å². The number of carbonyl (C=O) groups is 3. The molecule has 3 amide bonds. The van der Waals surface area contributed by atoms with Gasteiger partial charge in [0.05, 0.1) is 18.4 Å². The van der Waals surface area contributed by atoms with E-state index in [0.29, 0.717) is 18.2 Å². The Morgan fingerprint density at radius 2 is 1.77 bits per heavy atom. The van der Waals surface area contributed by atoms with Crippen LogP contribution >= 0.6 is 0 Å². The number of urea groups is 1. The number of halogens is 2. The highest BCUT2D eigenvalue weighted by Crippen LogP contribution is 2.34. The lowest BCUT2D eigenvalue weighted by Crippen LogP contribution is -2.49. The molecule has 2 aromatic rings. The van der Waals surface area contributed by atoms with Gasteiger partial charge in [0, 0.05) is 38.3 Å². The first-order valence-corrected chi connectivity index (χ1v) is 13.2. The molecule has 0 radical (unpaired) electrons. The second kappa shape index (κ2) is 11.2. The molecule has 0 saturated carbocycles. The van der Waals surface area contributed by atoms with E-state index in [0.717, 1.165) is 61.6 Å². The summed E-state index contributed by atoms with van der Waals surface area (Å²) >= 11 is 0. The van der Waals surface area contributed by atoms with Crippen LogP contribution in [0.1, 0.15) is 48.1 Å². The fraction of sp³-hybridized carbons (Fsp3) is 0.464. The molecular formula is C28H32F2N4O5. The van der Waals surface area contributed by atoms with Crippen LogP contribution < -0.4 is 10.2 Å². The summed E-state index contributed by atoms with van der Waals surface area (Å²) in [6.07, 6.45) is 1.02. The number of anilines is 1. The fourth-order valence-electron chi connectivity index (χ4n) is 5.91. The van der Waals surface area contributed by atoms with Gasteiger partial charge >= 0.3 is 18.1 Å². The minimum atomic E-state index is -1.05. The first kappa shape index (κ1) is 26.9. The van der Waals surface area contributed by atoms with Gasteiger partial charge in [0.1, 0.15) is 12.1 Å². The van der Waals surface area contributed by atoms with Crippen molar-refractivity contribution in [3.05, 3.63) is 65.2 Å². The zero-order chi connectivity index (χ0) is 27.7. The number of hydrogen-bond donors (Lipinski definition) is 1. The van der Waals surface area contributed by atoms with Crippen molar-refractivity contribution in [2.75, 3.05) is 38.2 Å². The molecule has 3 aliphatic rings. The van der Waals surface area contributed by atoms with E-state index in [1.807, 2.05) is 18.2 Å². The number of para-hydroxylation sites is 1. The number of likely N-dealkylation sites (tertiary alicyclic amines) is 1. The summed E-state index contributed by atoms with van der Waals surface area (Å²) in [7, 11) is 1.38. The van der Waals surface area contributed by atoms with E-state index >= 15 is 0 Å². The summed E-state index contributed by atoms with van der Waals surface area (Å²) < 4.78 is 37.5. The zero-order valence-electron chi connectivity index (χ0n) is 21.9. The van der Waals surface area contributed by atoms with Crippen molar-refractivity contribution in [3.63, 3.8) is 0 Å². The van der Waals surface area contributed by atoms with Gasteiger partial charge in [-0.15, -0.1) is 0 Å². The number of rotatable bonds is 5. The Balaban J connectivity index is 1.18. The number of amides is 3. The molecule has 2 unspecified atom stereocenters. The number of nitrogens with one attached hydrogen (secondary N) is 1. The lowest BCUT2D eigenvalue weighted by Gasteiger charge is -2.38. The van der Waals surface area contributed by atoms with E-state index in [1.165, 1.54) is 13.2 Å². The van der Waals surface area contributed by atoms with Crippen molar-refractivity contribution >= 4 is 23.8 Å². The van der Waals surface area contributed by atoms with Gasteiger partial charge in [-0.05, 0) is 56.0 Å². The van der Waals surface area contributed by atoms with E-state index in [2.05, 4.69) is 15.1 Å². The molecule has 9 nitrogen and oxygen atoms in total. The van der Waals surface area contributed by atoms with Crippen LogP contribution in [0.25, 0.3) is 0 Å². The van der Waals surface area contributed by atoms with E-state index in [9.17, 15) is 23.2 Å². The highest BCUT2D eigenvalue weighted by Gasteiger charge is 2.45. The summed E-state index contributed by atoms with van der Waals surface area (Å²) in [5.41, 5.74) is 1.71. The third-order valence-electron chi connectivity index (χ3n) is 7.89. The second-order valence-corrected chi connectivity index (χ2v) is 10.2. The third kappa shape index (κ3) is 5.40. The number of cyclic esters (lactones) is 1. The maximum atomic E-state index is 13.9. The number of carbonyl (C=O) groups excluding carboxylic acids is 3. The van der Waals surface area contributed by atoms with E-state index in [1.54, 1.807) is 13.0 Å². The van der Waals surface area contributed by atoms with Crippen LogP contribution in [0.5, 0.6) is 0 Å². The van der Waals surface area contributed by atoms with Crippen LogP contribution in [-0.4, -0.2) is 79.4 Å². The third-order valence-corrected chi connectivity index (χ3v) is 7.89. The molecule has 11 heteroatoms. The summed E-state index contributed by atoms with van der Waals surface area (Å²) in [5.74, 6) is -2.41. The molecule has 5 rings (SSSR count). The Kier molecular flexibility index (Phi) is 7.69. The SMILES string of the molecule is COC(=O)c1ccccc1N1CCC(N2CC[C@@H](NC(=O)N3C(=O)OC(C)C3c3ccc(F)c(F)c3)C2)CC1. The molecule has 3 atom stereocenters. The van der Waals surface area contributed by atoms with E-state index < -0.39 is 35.9 Å². The van der Waals surface area contributed by atoms with Crippen molar-refractivity contribution in [2.24, 2.45) is 0 Å². The van der Waals surface area contributed by atoms with Crippen molar-refractivity contribution in [1.29, 1.82) is 0 Å². The van der Waals surface area contributed by atoms with E-state index in [-0.39, 0.29) is 17.6 Å². The van der Waals surface area contributed by atoms with Gasteiger partial charge in [-0.2, -0.15) is 0 Å². The Bertz CT molecular complexity index is 1250. The predicted octanol–water partition coefficient (Wildman–Crippen LogP) is 4.09. The highest BCUT2D eigenvalue weighted by molar-refractivity contribution is 5.96. The number of benzene rings is 2. The lowest BCUT2D eigenvalue weighted by molar-refractivity contribution is 0.0601. The van der Waals surface area contributed by atoms with Gasteiger partial charge in [-0.25, -0.2) is 28.1 Å². The summed E-state index contributed by atoms with van der Waals surface area (Å²) in [5, 5.41) is 2.94. The molecule has 3 heterocycles. The molecule has 3 saturated heterocycles. The maximum absolute atomic E-state index is 13.9. The molecule has 208 valence electrons. The normalized spacial score (nSPS) is 24.1. The predicted molar refractivity (Wildman–Crippen MR) is 138 cm³/mol. The van der Waals surface area contributed by atoms with E-state index in [4.69, 9.17) is 9.47 Å². The van der Waals surface area contributed by atoms with Crippen molar-refractivity contribution in [2.45, 2.75) is 50.4 Å². The number of methoxy groups -OCH3 is 1. The zero-order valence-corrected chi connectivity index (χ0v) is 21.9. The molecule has 0 spiro atoms. The van der Waals surface area contributed by atoms with Gasteiger partial charge in [-0.3, -0.25) is 4.90 Å². The van der Waals surface area contributed by atoms with Gasteiger partial charge in [0.25, 0.3) is 0 Å². The fourth-order valence-corrected chi connectivity index (χ4v) is 5.91. The quantitative estimate of drug-likeness (QED) is 0.570. The van der Waals surface area contributed by atoms with Gasteiger partial charge in [0.15, 0.2) is 11.6 Å². The molecule has 39 heavy (non-hydrogen) atoms. The molecule has 2 aromatic carbocycles. The Morgan fingerprint density at radius 3 is 2.49 bits per heavy atom. The molecule has 0 aromatic heterocycles. The number of ether oxygens (including phenoxy) is 2. The summed E-state index contributed by atoms with van der Waals surface area (Å²) in [6.45, 7) is 4.65. The van der Waals surface area contributed by atoms with Gasteiger partial charge < -0.3 is 19.7 Å². The average Bonchev–Trinajstić information content (AvgIpc) is 3.53. The smallest absolute Gasteiger partial charge is 0.419 e. The number of piperidine rings is 1. The minimum absolute atomic E-state index is 0.162. The molecule has 3 fully saturated rings. The summed E-state index contributed by atoms with van der Waals surface area (Å²) in [4.78, 5) is 43.4. The van der Waals surface area contributed by atoms with Crippen LogP contribution in [-0.2, 0) is 9.47 Å². The Morgan fingerprint density at radius 1 is 1.03 bits per heavy atom. The first-order chi connectivity index (χ1) is 18.8. The molecule has 0 aliphatic carbocycles. The maximum Gasteiger partial charge on any atom is 0.419 e. The minimum Gasteiger partial charge on any atom is -0.465 e. The van der Waals surface area contributed by atoms with Crippen LogP contribution in [0, 0.1) is 11.6 Å². The number of nitrogens with zero attached hydrogens (tertiary/aromatic N) is 3. The lowest BCUT2D eigenvalue weighted by atomic mass is 10.0. The summed E-state index contributed by atoms with van der Waals surface area (Å²) in [6, 6.07) is 9.47. The van der Waals surface area contributed by atoms with Crippen LogP contribution in [0.15, 0.2) is 42.5 Å². The monoisotopic (exact) mass is 542 g/mol. The van der Waals surface area contributed by atoms with Gasteiger partial charge in [-0.1, -0.05) is 18.2 Å². The first-order valence-electron chi connectivity index (χ1n) is 13.2. The molecule has 0 bridgehead atoms. The van der Waals surface area contributed by atoms with Crippen LogP contribution in [0.2, 0.25) is 0 Å². The molecule has 1 N–H and O–H groups in total. The Hall–Kier alpha value is -3.73. The van der Waals surface area contributed by atoms with Crippen molar-refractivity contribution < 1.29 is 32.6 Å². The number of imide groups is 1. The average molecular weight is 543 g/mol. The number of hydrogen-bond acceptors (Lipinski definition) is 7. The second-order valence-electron chi connectivity index (χ2n) is 10.2. The number of esters is 1. The molecular weight excluding hydrogens is 510 g/mol.